The maximum atomic E-state index is 9.14. The topological polar surface area (TPSA) is 50.7 Å². The van der Waals surface area contributed by atoms with E-state index in [9.17, 15) is 0 Å². The van der Waals surface area contributed by atoms with Crippen LogP contribution in [-0.2, 0) is 9.47 Å². The van der Waals surface area contributed by atoms with Crippen molar-refractivity contribution in [1.82, 2.24) is 5.32 Å². The molecule has 2 N–H and O–H groups in total. The molecular formula is C13H27NO3. The van der Waals surface area contributed by atoms with E-state index in [-0.39, 0.29) is 12.6 Å². The molecule has 0 radical (unpaired) electrons. The molecule has 0 saturated heterocycles. The Kier molecular flexibility index (Phi) is 7.77. The van der Waals surface area contributed by atoms with Crippen molar-refractivity contribution >= 4 is 0 Å². The van der Waals surface area contributed by atoms with E-state index in [4.69, 9.17) is 14.6 Å². The zero-order valence-corrected chi connectivity index (χ0v) is 11.2. The van der Waals surface area contributed by atoms with Gasteiger partial charge in [-0.1, -0.05) is 6.92 Å². The van der Waals surface area contributed by atoms with Crippen LogP contribution in [0.2, 0.25) is 0 Å². The SMILES string of the molecule is CCNC(CO)CCOC1CCCC(OC)C1. The molecule has 4 nitrogen and oxygen atoms in total. The standard InChI is InChI=1S/C13H27NO3/c1-3-14-11(10-15)7-8-17-13-6-4-5-12(9-13)16-2/h11-15H,3-10H2,1-2H3. The van der Waals surface area contributed by atoms with E-state index < -0.39 is 0 Å². The highest BCUT2D eigenvalue weighted by molar-refractivity contribution is 4.74. The van der Waals surface area contributed by atoms with Crippen LogP contribution in [-0.4, -0.2) is 50.2 Å². The number of ether oxygens (including phenoxy) is 2. The molecular weight excluding hydrogens is 218 g/mol. The van der Waals surface area contributed by atoms with E-state index in [0.29, 0.717) is 12.2 Å². The Morgan fingerprint density at radius 2 is 2.12 bits per heavy atom. The largest absolute Gasteiger partial charge is 0.395 e. The lowest BCUT2D eigenvalue weighted by molar-refractivity contribution is -0.0324. The predicted octanol–water partition coefficient (Wildman–Crippen LogP) is 1.32. The molecule has 0 spiro atoms. The first kappa shape index (κ1) is 14.9. The maximum Gasteiger partial charge on any atom is 0.0599 e. The van der Waals surface area contributed by atoms with Crippen LogP contribution >= 0.6 is 0 Å². The van der Waals surface area contributed by atoms with Crippen LogP contribution in [0.3, 0.4) is 0 Å². The summed E-state index contributed by atoms with van der Waals surface area (Å²) in [5.74, 6) is 0. The average Bonchev–Trinajstić information content (AvgIpc) is 2.38. The smallest absolute Gasteiger partial charge is 0.0599 e. The van der Waals surface area contributed by atoms with Crippen molar-refractivity contribution in [3.05, 3.63) is 0 Å². The van der Waals surface area contributed by atoms with E-state index in [0.717, 1.165) is 38.8 Å². The second kappa shape index (κ2) is 8.86. The first-order valence-electron chi connectivity index (χ1n) is 6.78. The number of hydrogen-bond donors (Lipinski definition) is 2. The third-order valence-corrected chi connectivity index (χ3v) is 3.44. The number of nitrogens with one attached hydrogen (secondary N) is 1. The average molecular weight is 245 g/mol. The Bertz CT molecular complexity index is 190. The molecule has 0 aromatic rings. The normalized spacial score (nSPS) is 27.0. The summed E-state index contributed by atoms with van der Waals surface area (Å²) in [5.41, 5.74) is 0. The number of aliphatic hydroxyl groups excluding tert-OH is 1. The Hall–Kier alpha value is -0.160. The Labute approximate surface area is 105 Å². The molecule has 0 aromatic carbocycles. The van der Waals surface area contributed by atoms with Gasteiger partial charge in [0, 0.05) is 19.8 Å². The minimum Gasteiger partial charge on any atom is -0.395 e. The third kappa shape index (κ3) is 5.82. The fourth-order valence-corrected chi connectivity index (χ4v) is 2.39. The van der Waals surface area contributed by atoms with Gasteiger partial charge in [0.15, 0.2) is 0 Å². The fraction of sp³-hybridized carbons (Fsp3) is 1.00. The van der Waals surface area contributed by atoms with Gasteiger partial charge in [-0.15, -0.1) is 0 Å². The Morgan fingerprint density at radius 1 is 1.35 bits per heavy atom. The number of hydrogen-bond acceptors (Lipinski definition) is 4. The summed E-state index contributed by atoms with van der Waals surface area (Å²) in [4.78, 5) is 0. The van der Waals surface area contributed by atoms with Crippen LogP contribution in [0.5, 0.6) is 0 Å². The van der Waals surface area contributed by atoms with Gasteiger partial charge in [-0.2, -0.15) is 0 Å². The van der Waals surface area contributed by atoms with Gasteiger partial charge in [-0.25, -0.2) is 0 Å². The van der Waals surface area contributed by atoms with Gasteiger partial charge in [-0.3, -0.25) is 0 Å². The number of rotatable bonds is 8. The van der Waals surface area contributed by atoms with Crippen LogP contribution in [0, 0.1) is 0 Å². The van der Waals surface area contributed by atoms with Crippen LogP contribution in [0.1, 0.15) is 39.0 Å². The fourth-order valence-electron chi connectivity index (χ4n) is 2.39. The summed E-state index contributed by atoms with van der Waals surface area (Å²) < 4.78 is 11.2. The number of methoxy groups -OCH3 is 1. The predicted molar refractivity (Wildman–Crippen MR) is 68.2 cm³/mol. The summed E-state index contributed by atoms with van der Waals surface area (Å²) >= 11 is 0. The van der Waals surface area contributed by atoms with Gasteiger partial charge < -0.3 is 19.9 Å². The molecule has 0 amide bonds. The number of likely N-dealkylation sites (N-methyl/N-ethyl adjacent to an activating group) is 1. The quantitative estimate of drug-likeness (QED) is 0.677. The molecule has 17 heavy (non-hydrogen) atoms. The minimum absolute atomic E-state index is 0.168. The van der Waals surface area contributed by atoms with Crippen molar-refractivity contribution in [1.29, 1.82) is 0 Å². The molecule has 0 aromatic heterocycles. The lowest BCUT2D eigenvalue weighted by Crippen LogP contribution is -2.34. The highest BCUT2D eigenvalue weighted by Gasteiger charge is 2.22. The molecule has 3 unspecified atom stereocenters. The molecule has 3 atom stereocenters. The van der Waals surface area contributed by atoms with Crippen molar-refractivity contribution in [2.24, 2.45) is 0 Å². The zero-order valence-electron chi connectivity index (χ0n) is 11.2. The lowest BCUT2D eigenvalue weighted by atomic mass is 9.95. The van der Waals surface area contributed by atoms with Crippen LogP contribution < -0.4 is 5.32 Å². The molecule has 1 aliphatic carbocycles. The lowest BCUT2D eigenvalue weighted by Gasteiger charge is -2.28. The minimum atomic E-state index is 0.168. The highest BCUT2D eigenvalue weighted by atomic mass is 16.5. The van der Waals surface area contributed by atoms with Crippen LogP contribution in [0.4, 0.5) is 0 Å². The van der Waals surface area contributed by atoms with Gasteiger partial charge in [-0.05, 0) is 38.6 Å². The molecule has 1 saturated carbocycles. The Morgan fingerprint density at radius 3 is 2.76 bits per heavy atom. The second-order valence-corrected chi connectivity index (χ2v) is 4.74. The van der Waals surface area contributed by atoms with E-state index in [1.54, 1.807) is 7.11 Å². The van der Waals surface area contributed by atoms with Gasteiger partial charge in [0.05, 0.1) is 18.8 Å². The van der Waals surface area contributed by atoms with Crippen molar-refractivity contribution in [3.8, 4) is 0 Å². The van der Waals surface area contributed by atoms with E-state index in [2.05, 4.69) is 5.32 Å². The summed E-state index contributed by atoms with van der Waals surface area (Å²) in [5, 5.41) is 12.4. The summed E-state index contributed by atoms with van der Waals surface area (Å²) in [7, 11) is 1.78. The van der Waals surface area contributed by atoms with Crippen molar-refractivity contribution < 1.29 is 14.6 Å². The van der Waals surface area contributed by atoms with Crippen LogP contribution in [0.15, 0.2) is 0 Å². The Balaban J connectivity index is 2.12. The van der Waals surface area contributed by atoms with Crippen molar-refractivity contribution in [3.63, 3.8) is 0 Å². The molecule has 0 heterocycles. The van der Waals surface area contributed by atoms with Crippen LogP contribution in [0.25, 0.3) is 0 Å². The highest BCUT2D eigenvalue weighted by Crippen LogP contribution is 2.23. The van der Waals surface area contributed by atoms with Gasteiger partial charge in [0.25, 0.3) is 0 Å². The van der Waals surface area contributed by atoms with Gasteiger partial charge in [0.1, 0.15) is 0 Å². The molecule has 0 bridgehead atoms. The molecule has 102 valence electrons. The second-order valence-electron chi connectivity index (χ2n) is 4.74. The molecule has 1 rings (SSSR count). The molecule has 4 heteroatoms. The van der Waals surface area contributed by atoms with E-state index in [1.165, 1.54) is 6.42 Å². The monoisotopic (exact) mass is 245 g/mol. The first-order valence-corrected chi connectivity index (χ1v) is 6.78. The first-order chi connectivity index (χ1) is 8.30. The summed E-state index contributed by atoms with van der Waals surface area (Å²) in [6, 6.07) is 0.168. The molecule has 1 fully saturated rings. The molecule has 0 aliphatic heterocycles. The van der Waals surface area contributed by atoms with Gasteiger partial charge >= 0.3 is 0 Å². The number of aliphatic hydroxyl groups is 1. The summed E-state index contributed by atoms with van der Waals surface area (Å²) in [6.07, 6.45) is 6.10. The van der Waals surface area contributed by atoms with E-state index in [1.807, 2.05) is 6.92 Å². The van der Waals surface area contributed by atoms with Crippen molar-refractivity contribution in [2.45, 2.75) is 57.3 Å². The maximum absolute atomic E-state index is 9.14. The molecule has 1 aliphatic rings. The third-order valence-electron chi connectivity index (χ3n) is 3.44. The van der Waals surface area contributed by atoms with E-state index >= 15 is 0 Å². The van der Waals surface area contributed by atoms with Crippen molar-refractivity contribution in [2.75, 3.05) is 26.9 Å². The summed E-state index contributed by atoms with van der Waals surface area (Å²) in [6.45, 7) is 3.84. The zero-order chi connectivity index (χ0) is 12.5. The van der Waals surface area contributed by atoms with Gasteiger partial charge in [0.2, 0.25) is 0 Å².